The van der Waals surface area contributed by atoms with Crippen LogP contribution < -0.4 is 10.1 Å². The Labute approximate surface area is 201 Å². The molecule has 3 aromatic carbocycles. The number of amides is 1. The van der Waals surface area contributed by atoms with Crippen molar-refractivity contribution in [3.05, 3.63) is 108 Å². The van der Waals surface area contributed by atoms with E-state index < -0.39 is 0 Å². The molecular weight excluding hydrogens is 444 g/mol. The van der Waals surface area contributed by atoms with Crippen molar-refractivity contribution in [1.82, 2.24) is 19.9 Å². The van der Waals surface area contributed by atoms with E-state index in [0.717, 1.165) is 32.6 Å². The maximum atomic E-state index is 12.7. The average Bonchev–Trinajstić information content (AvgIpc) is 3.26. The largest absolute Gasteiger partial charge is 0.496 e. The van der Waals surface area contributed by atoms with E-state index in [4.69, 9.17) is 14.8 Å². The summed E-state index contributed by atoms with van der Waals surface area (Å²) in [5, 5.41) is 8.67. The topological polar surface area (TPSA) is 68.5 Å². The zero-order valence-corrected chi connectivity index (χ0v) is 19.3. The fraction of sp³-hybridized carbons (Fsp3) is 0.0741. The zero-order valence-electron chi connectivity index (χ0n) is 18.5. The van der Waals surface area contributed by atoms with E-state index in [1.54, 1.807) is 19.2 Å². The molecular formula is C27H22N4O2S. The van der Waals surface area contributed by atoms with Crippen molar-refractivity contribution in [2.45, 2.75) is 16.5 Å². The number of fused-ring (bicyclic) bond motifs is 1. The quantitative estimate of drug-likeness (QED) is 0.344. The Morgan fingerprint density at radius 3 is 2.38 bits per heavy atom. The molecule has 6 nitrogen and oxygen atoms in total. The number of hydrogen-bond donors (Lipinski definition) is 1. The molecule has 7 heteroatoms. The summed E-state index contributed by atoms with van der Waals surface area (Å²) in [4.78, 5) is 18.5. The Balaban J connectivity index is 1.53. The number of ether oxygens (including phenoxy) is 1. The number of para-hydroxylation sites is 1. The number of nitrogens with zero attached hydrogens (tertiary/aromatic N) is 3. The zero-order chi connectivity index (χ0) is 23.3. The Kier molecular flexibility index (Phi) is 6.27. The van der Waals surface area contributed by atoms with Gasteiger partial charge in [-0.05, 0) is 36.4 Å². The Morgan fingerprint density at radius 2 is 1.62 bits per heavy atom. The first-order valence-corrected chi connectivity index (χ1v) is 11.6. The minimum absolute atomic E-state index is 0.144. The van der Waals surface area contributed by atoms with Crippen molar-refractivity contribution < 1.29 is 9.53 Å². The van der Waals surface area contributed by atoms with E-state index in [9.17, 15) is 4.79 Å². The predicted molar refractivity (Wildman–Crippen MR) is 133 cm³/mol. The van der Waals surface area contributed by atoms with Crippen LogP contribution in [0.4, 0.5) is 0 Å². The molecule has 5 aromatic rings. The summed E-state index contributed by atoms with van der Waals surface area (Å²) in [6, 6.07) is 30.8. The number of nitrogens with one attached hydrogen (secondary N) is 1. The molecule has 1 amide bonds. The van der Waals surface area contributed by atoms with Crippen LogP contribution >= 0.6 is 11.8 Å². The van der Waals surface area contributed by atoms with Crippen molar-refractivity contribution in [3.63, 3.8) is 0 Å². The molecule has 0 unspecified atom stereocenters. The van der Waals surface area contributed by atoms with E-state index in [-0.39, 0.29) is 12.5 Å². The average molecular weight is 467 g/mol. The molecule has 0 spiro atoms. The van der Waals surface area contributed by atoms with Gasteiger partial charge in [-0.3, -0.25) is 4.79 Å². The number of benzene rings is 3. The highest BCUT2D eigenvalue weighted by atomic mass is 32.2. The van der Waals surface area contributed by atoms with E-state index >= 15 is 0 Å². The molecule has 34 heavy (non-hydrogen) atoms. The molecule has 0 aliphatic carbocycles. The highest BCUT2D eigenvalue weighted by Gasteiger charge is 2.17. The number of rotatable bonds is 7. The molecule has 0 atom stereocenters. The molecule has 1 N–H and O–H groups in total. The molecule has 0 saturated carbocycles. The van der Waals surface area contributed by atoms with Crippen LogP contribution in [0.25, 0.3) is 16.9 Å². The lowest BCUT2D eigenvalue weighted by atomic mass is 10.1. The summed E-state index contributed by atoms with van der Waals surface area (Å²) in [7, 11) is 1.66. The second kappa shape index (κ2) is 9.80. The molecule has 0 aliphatic rings. The highest BCUT2D eigenvalue weighted by molar-refractivity contribution is 7.99. The fourth-order valence-corrected chi connectivity index (χ4v) is 4.56. The molecule has 2 heterocycles. The summed E-state index contributed by atoms with van der Waals surface area (Å²) in [6.07, 6.45) is 0. The normalized spacial score (nSPS) is 10.9. The number of aromatic nitrogens is 3. The summed E-state index contributed by atoms with van der Waals surface area (Å²) >= 11 is 1.52. The van der Waals surface area contributed by atoms with Crippen LogP contribution in [-0.2, 0) is 6.54 Å². The predicted octanol–water partition coefficient (Wildman–Crippen LogP) is 5.49. The maximum absolute atomic E-state index is 12.7. The van der Waals surface area contributed by atoms with Crippen LogP contribution in [0.1, 0.15) is 16.1 Å². The lowest BCUT2D eigenvalue weighted by molar-refractivity contribution is 0.0950. The summed E-state index contributed by atoms with van der Waals surface area (Å²) in [5.74, 6) is 0.648. The number of imidazole rings is 1. The van der Waals surface area contributed by atoms with E-state index in [1.807, 2.05) is 89.4 Å². The first kappa shape index (κ1) is 21.7. The van der Waals surface area contributed by atoms with E-state index in [1.165, 1.54) is 11.8 Å². The molecule has 0 radical (unpaired) electrons. The third kappa shape index (κ3) is 4.51. The molecule has 5 rings (SSSR count). The minimum atomic E-state index is -0.144. The van der Waals surface area contributed by atoms with Crippen LogP contribution in [0.5, 0.6) is 5.75 Å². The molecule has 168 valence electrons. The molecule has 0 bridgehead atoms. The lowest BCUT2D eigenvalue weighted by Gasteiger charge is -2.09. The van der Waals surface area contributed by atoms with Gasteiger partial charge >= 0.3 is 0 Å². The highest BCUT2D eigenvalue weighted by Crippen LogP contribution is 2.34. The van der Waals surface area contributed by atoms with Crippen molar-refractivity contribution in [3.8, 4) is 17.0 Å². The van der Waals surface area contributed by atoms with Crippen molar-refractivity contribution in [1.29, 1.82) is 0 Å². The van der Waals surface area contributed by atoms with Gasteiger partial charge in [0.15, 0.2) is 5.65 Å². The van der Waals surface area contributed by atoms with Gasteiger partial charge in [-0.15, -0.1) is 0 Å². The van der Waals surface area contributed by atoms with Gasteiger partial charge in [0, 0.05) is 11.1 Å². The van der Waals surface area contributed by atoms with Crippen molar-refractivity contribution in [2.24, 2.45) is 0 Å². The Morgan fingerprint density at radius 1 is 0.912 bits per heavy atom. The van der Waals surface area contributed by atoms with E-state index in [0.29, 0.717) is 11.2 Å². The summed E-state index contributed by atoms with van der Waals surface area (Å²) < 4.78 is 7.29. The second-order valence-electron chi connectivity index (χ2n) is 7.52. The molecule has 0 aliphatic heterocycles. The van der Waals surface area contributed by atoms with Gasteiger partial charge in [0.2, 0.25) is 0 Å². The summed E-state index contributed by atoms with van der Waals surface area (Å²) in [6.45, 7) is 0.287. The number of hydrogen-bond acceptors (Lipinski definition) is 5. The van der Waals surface area contributed by atoms with Gasteiger partial charge in [0.25, 0.3) is 5.91 Å². The molecule has 0 saturated heterocycles. The minimum Gasteiger partial charge on any atom is -0.496 e. The SMILES string of the molecule is COc1ccccc1Sc1ccc2nc(-c3ccccc3)c(CNC(=O)c3ccccc3)n2n1. The lowest BCUT2D eigenvalue weighted by Crippen LogP contribution is -2.24. The Hall–Kier alpha value is -4.10. The van der Waals surface area contributed by atoms with Gasteiger partial charge in [-0.1, -0.05) is 72.4 Å². The fourth-order valence-electron chi connectivity index (χ4n) is 3.67. The first-order valence-electron chi connectivity index (χ1n) is 10.8. The smallest absolute Gasteiger partial charge is 0.251 e. The molecule has 0 fully saturated rings. The van der Waals surface area contributed by atoms with Crippen LogP contribution in [0.15, 0.2) is 107 Å². The number of carbonyl (C=O) groups excluding carboxylic acids is 1. The van der Waals surface area contributed by atoms with Crippen molar-refractivity contribution >= 4 is 23.3 Å². The third-order valence-corrected chi connectivity index (χ3v) is 6.31. The standard InChI is InChI=1S/C27H22N4O2S/c1-33-22-14-8-9-15-23(22)34-25-17-16-24-29-26(19-10-4-2-5-11-19)21(31(24)30-25)18-28-27(32)20-12-6-3-7-13-20/h2-17H,18H2,1H3,(H,28,32). The van der Waals surface area contributed by atoms with Crippen LogP contribution in [0.2, 0.25) is 0 Å². The van der Waals surface area contributed by atoms with Gasteiger partial charge in [-0.2, -0.15) is 5.10 Å². The van der Waals surface area contributed by atoms with Gasteiger partial charge in [0.1, 0.15) is 10.8 Å². The summed E-state index contributed by atoms with van der Waals surface area (Å²) in [5.41, 5.74) is 3.90. The van der Waals surface area contributed by atoms with E-state index in [2.05, 4.69) is 5.32 Å². The Bertz CT molecular complexity index is 1440. The number of methoxy groups -OCH3 is 1. The van der Waals surface area contributed by atoms with Crippen molar-refractivity contribution in [2.75, 3.05) is 7.11 Å². The second-order valence-corrected chi connectivity index (χ2v) is 8.58. The molecule has 2 aromatic heterocycles. The number of carbonyl (C=O) groups is 1. The van der Waals surface area contributed by atoms with Gasteiger partial charge in [-0.25, -0.2) is 9.50 Å². The maximum Gasteiger partial charge on any atom is 0.251 e. The van der Waals surface area contributed by atoms with Gasteiger partial charge in [0.05, 0.1) is 29.9 Å². The third-order valence-electron chi connectivity index (χ3n) is 5.33. The van der Waals surface area contributed by atoms with Crippen LogP contribution in [-0.4, -0.2) is 27.6 Å². The first-order chi connectivity index (χ1) is 16.7. The van der Waals surface area contributed by atoms with Gasteiger partial charge < -0.3 is 10.1 Å². The van der Waals surface area contributed by atoms with Crippen LogP contribution in [0, 0.1) is 0 Å². The monoisotopic (exact) mass is 466 g/mol. The van der Waals surface area contributed by atoms with Crippen LogP contribution in [0.3, 0.4) is 0 Å².